The summed E-state index contributed by atoms with van der Waals surface area (Å²) >= 11 is 1.30. The number of thioether (sulfide) groups is 1. The van der Waals surface area contributed by atoms with E-state index >= 15 is 0 Å². The molecule has 7 heteroatoms. The van der Waals surface area contributed by atoms with E-state index in [1.807, 2.05) is 31.2 Å². The molecule has 2 N–H and O–H groups in total. The Morgan fingerprint density at radius 3 is 2.96 bits per heavy atom. The second-order valence-corrected chi connectivity index (χ2v) is 6.87. The molecule has 0 fully saturated rings. The van der Waals surface area contributed by atoms with Crippen molar-refractivity contribution in [1.29, 1.82) is 0 Å². The van der Waals surface area contributed by atoms with E-state index in [0.29, 0.717) is 29.1 Å². The quantitative estimate of drug-likeness (QED) is 0.777. The number of nitrogens with one attached hydrogen (secondary N) is 2. The normalized spacial score (nSPS) is 13.4. The number of aryl methyl sites for hydroxylation is 1. The van der Waals surface area contributed by atoms with Crippen LogP contribution in [0, 0.1) is 6.92 Å². The van der Waals surface area contributed by atoms with Crippen molar-refractivity contribution in [3.05, 3.63) is 58.3 Å². The largest absolute Gasteiger partial charge is 0.326 e. The molecule has 3 rings (SSSR count). The first kappa shape index (κ1) is 17.2. The fraction of sp³-hybridized carbons (Fsp3) is 0.222. The monoisotopic (exact) mass is 355 g/mol. The van der Waals surface area contributed by atoms with Gasteiger partial charge in [-0.3, -0.25) is 19.5 Å². The van der Waals surface area contributed by atoms with Crippen molar-refractivity contribution < 1.29 is 14.4 Å². The summed E-state index contributed by atoms with van der Waals surface area (Å²) in [7, 11) is 0. The van der Waals surface area contributed by atoms with Gasteiger partial charge < -0.3 is 5.32 Å². The predicted molar refractivity (Wildman–Crippen MR) is 96.8 cm³/mol. The van der Waals surface area contributed by atoms with Crippen molar-refractivity contribution in [2.24, 2.45) is 0 Å². The zero-order valence-corrected chi connectivity index (χ0v) is 14.5. The van der Waals surface area contributed by atoms with Gasteiger partial charge in [-0.05, 0) is 36.8 Å². The number of ketones is 2. The van der Waals surface area contributed by atoms with Crippen LogP contribution in [0.15, 0.2) is 41.4 Å². The molecule has 0 radical (unpaired) electrons. The summed E-state index contributed by atoms with van der Waals surface area (Å²) in [6.45, 7) is 1.97. The Balaban J connectivity index is 1.46. The first-order chi connectivity index (χ1) is 12.0. The van der Waals surface area contributed by atoms with Gasteiger partial charge in [-0.1, -0.05) is 12.1 Å². The molecule has 1 aromatic carbocycles. The molecule has 1 aliphatic carbocycles. The minimum absolute atomic E-state index is 0.0663. The number of fused-ring (bicyclic) bond motifs is 1. The first-order valence-electron chi connectivity index (χ1n) is 7.88. The third-order valence-corrected chi connectivity index (χ3v) is 4.83. The Morgan fingerprint density at radius 2 is 2.16 bits per heavy atom. The van der Waals surface area contributed by atoms with Gasteiger partial charge in [0.25, 0.3) is 0 Å². The Kier molecular flexibility index (Phi) is 5.14. The molecule has 0 aliphatic heterocycles. The van der Waals surface area contributed by atoms with Gasteiger partial charge in [0.05, 0.1) is 16.7 Å². The maximum Gasteiger partial charge on any atom is 0.224 e. The fourth-order valence-corrected chi connectivity index (χ4v) is 3.44. The number of aromatic nitrogens is 2. The average Bonchev–Trinajstić information content (AvgIpc) is 3.06. The molecule has 25 heavy (non-hydrogen) atoms. The average molecular weight is 355 g/mol. The number of carbonyl (C=O) groups excluding carboxylic acids is 3. The molecule has 128 valence electrons. The molecule has 0 bridgehead atoms. The lowest BCUT2D eigenvalue weighted by atomic mass is 10.0. The Bertz CT molecular complexity index is 870. The fourth-order valence-electron chi connectivity index (χ4n) is 2.50. The second kappa shape index (κ2) is 7.48. The predicted octanol–water partition coefficient (Wildman–Crippen LogP) is 3.13. The molecular weight excluding hydrogens is 338 g/mol. The van der Waals surface area contributed by atoms with E-state index < -0.39 is 0 Å². The summed E-state index contributed by atoms with van der Waals surface area (Å²) < 4.78 is 0. The van der Waals surface area contributed by atoms with Crippen molar-refractivity contribution in [1.82, 2.24) is 10.2 Å². The van der Waals surface area contributed by atoms with Gasteiger partial charge in [-0.15, -0.1) is 11.8 Å². The molecule has 1 aromatic heterocycles. The van der Waals surface area contributed by atoms with E-state index in [4.69, 9.17) is 0 Å². The summed E-state index contributed by atoms with van der Waals surface area (Å²) in [6.07, 6.45) is 3.67. The zero-order valence-electron chi connectivity index (χ0n) is 13.7. The first-order valence-corrected chi connectivity index (χ1v) is 8.86. The van der Waals surface area contributed by atoms with Crippen LogP contribution in [0.4, 0.5) is 5.69 Å². The van der Waals surface area contributed by atoms with Gasteiger partial charge in [0.1, 0.15) is 5.69 Å². The number of carbonyl (C=O) groups is 3. The minimum atomic E-state index is -0.244. The SMILES string of the molecule is Cc1cccc(NC(=O)CCCSC2=CC(=O)c3[nH]ncc3C2=O)c1. The van der Waals surface area contributed by atoms with Crippen LogP contribution in [-0.4, -0.2) is 33.4 Å². The maximum absolute atomic E-state index is 12.2. The number of benzene rings is 1. The van der Waals surface area contributed by atoms with Crippen LogP contribution in [0.2, 0.25) is 0 Å². The van der Waals surface area contributed by atoms with E-state index in [1.165, 1.54) is 24.0 Å². The lowest BCUT2D eigenvalue weighted by molar-refractivity contribution is -0.116. The second-order valence-electron chi connectivity index (χ2n) is 5.73. The standard InChI is InChI=1S/C18H17N3O3S/c1-11-4-2-5-12(8-11)20-16(23)6-3-7-25-15-9-14(22)17-13(18(15)24)10-19-21-17/h2,4-5,8-10H,3,6-7H2,1H3,(H,19,21)(H,20,23). The number of anilines is 1. The minimum Gasteiger partial charge on any atom is -0.326 e. The maximum atomic E-state index is 12.2. The van der Waals surface area contributed by atoms with Crippen LogP contribution in [-0.2, 0) is 4.79 Å². The number of H-pyrrole nitrogens is 1. The third-order valence-electron chi connectivity index (χ3n) is 3.72. The summed E-state index contributed by atoms with van der Waals surface area (Å²) in [5.74, 6) is 0.0759. The molecule has 0 unspecified atom stereocenters. The Labute approximate surface area is 149 Å². The van der Waals surface area contributed by atoms with Crippen LogP contribution in [0.3, 0.4) is 0 Å². The van der Waals surface area contributed by atoms with Crippen molar-refractivity contribution in [2.75, 3.05) is 11.1 Å². The topological polar surface area (TPSA) is 91.9 Å². The lowest BCUT2D eigenvalue weighted by Crippen LogP contribution is -2.15. The number of amides is 1. The molecule has 0 spiro atoms. The van der Waals surface area contributed by atoms with Gasteiger partial charge in [0, 0.05) is 18.2 Å². The highest BCUT2D eigenvalue weighted by atomic mass is 32.2. The van der Waals surface area contributed by atoms with Crippen molar-refractivity contribution in [3.63, 3.8) is 0 Å². The van der Waals surface area contributed by atoms with Crippen LogP contribution < -0.4 is 5.32 Å². The van der Waals surface area contributed by atoms with Crippen LogP contribution >= 0.6 is 11.8 Å². The van der Waals surface area contributed by atoms with E-state index in [1.54, 1.807) is 0 Å². The van der Waals surface area contributed by atoms with Crippen molar-refractivity contribution >= 4 is 34.9 Å². The molecule has 1 heterocycles. The molecule has 0 saturated heterocycles. The summed E-state index contributed by atoms with van der Waals surface area (Å²) in [5.41, 5.74) is 2.42. The number of aromatic amines is 1. The smallest absolute Gasteiger partial charge is 0.224 e. The van der Waals surface area contributed by atoms with Crippen molar-refractivity contribution in [3.8, 4) is 0 Å². The van der Waals surface area contributed by atoms with Crippen LogP contribution in [0.1, 0.15) is 39.3 Å². The Hall–Kier alpha value is -2.67. The van der Waals surface area contributed by atoms with E-state index in [0.717, 1.165) is 11.3 Å². The van der Waals surface area contributed by atoms with Gasteiger partial charge in [-0.25, -0.2) is 0 Å². The van der Waals surface area contributed by atoms with E-state index in [9.17, 15) is 14.4 Å². The molecule has 0 atom stereocenters. The molecule has 1 aliphatic rings. The number of Topliss-reactive ketones (excluding diaryl/α,β-unsaturated/α-hetero) is 1. The molecule has 1 amide bonds. The number of hydrogen-bond acceptors (Lipinski definition) is 5. The van der Waals surface area contributed by atoms with Gasteiger partial charge >= 0.3 is 0 Å². The zero-order chi connectivity index (χ0) is 17.8. The van der Waals surface area contributed by atoms with Gasteiger partial charge in [-0.2, -0.15) is 5.10 Å². The number of rotatable bonds is 6. The van der Waals surface area contributed by atoms with E-state index in [-0.39, 0.29) is 23.2 Å². The third kappa shape index (κ3) is 4.06. The van der Waals surface area contributed by atoms with Crippen LogP contribution in [0.5, 0.6) is 0 Å². The Morgan fingerprint density at radius 1 is 1.32 bits per heavy atom. The summed E-state index contributed by atoms with van der Waals surface area (Å²) in [6, 6.07) is 7.61. The number of nitrogens with zero attached hydrogens (tertiary/aromatic N) is 1. The molecule has 0 saturated carbocycles. The highest BCUT2D eigenvalue weighted by Gasteiger charge is 2.27. The molecular formula is C18H17N3O3S. The summed E-state index contributed by atoms with van der Waals surface area (Å²) in [4.78, 5) is 36.5. The lowest BCUT2D eigenvalue weighted by Gasteiger charge is -2.10. The highest BCUT2D eigenvalue weighted by Crippen LogP contribution is 2.27. The summed E-state index contributed by atoms with van der Waals surface area (Å²) in [5, 5.41) is 9.13. The molecule has 2 aromatic rings. The van der Waals surface area contributed by atoms with Gasteiger partial charge in [0.15, 0.2) is 0 Å². The number of hydrogen-bond donors (Lipinski definition) is 2. The van der Waals surface area contributed by atoms with Crippen LogP contribution in [0.25, 0.3) is 0 Å². The van der Waals surface area contributed by atoms with Gasteiger partial charge in [0.2, 0.25) is 17.5 Å². The van der Waals surface area contributed by atoms with E-state index in [2.05, 4.69) is 15.5 Å². The van der Waals surface area contributed by atoms with Crippen molar-refractivity contribution in [2.45, 2.75) is 19.8 Å². The molecule has 6 nitrogen and oxygen atoms in total. The highest BCUT2D eigenvalue weighted by molar-refractivity contribution is 8.04. The number of allylic oxidation sites excluding steroid dienone is 2.